The molecule has 108 valence electrons. The molecule has 0 saturated carbocycles. The fourth-order valence-corrected chi connectivity index (χ4v) is 2.52. The molecule has 0 aromatic heterocycles. The fraction of sp³-hybridized carbons (Fsp3) is 1.00. The number of halogens is 1. The molecule has 5 heteroatoms. The Morgan fingerprint density at radius 1 is 1.28 bits per heavy atom. The second-order valence-electron chi connectivity index (χ2n) is 5.13. The number of hydrogen-bond acceptors (Lipinski definition) is 4. The Labute approximate surface area is 111 Å². The number of likely N-dealkylation sites (tertiary alicyclic amines) is 1. The summed E-state index contributed by atoms with van der Waals surface area (Å²) in [6, 6.07) is 0. The number of nitrogens with zero attached hydrogens (tertiary/aromatic N) is 2. The summed E-state index contributed by atoms with van der Waals surface area (Å²) in [6.07, 6.45) is 1.35. The van der Waals surface area contributed by atoms with Crippen molar-refractivity contribution in [2.75, 3.05) is 52.9 Å². The molecular weight excluding hydrogens is 231 g/mol. The van der Waals surface area contributed by atoms with Gasteiger partial charge in [-0.3, -0.25) is 15.8 Å². The van der Waals surface area contributed by atoms with Crippen LogP contribution in [0.4, 0.5) is 4.39 Å². The van der Waals surface area contributed by atoms with Gasteiger partial charge in [0.05, 0.1) is 0 Å². The smallest absolute Gasteiger partial charge is 0.126 e. The Bertz CT molecular complexity index is 217. The summed E-state index contributed by atoms with van der Waals surface area (Å²) in [5.41, 5.74) is 4.97. The predicted octanol–water partition coefficient (Wildman–Crippen LogP) is 0.856. The lowest BCUT2D eigenvalue weighted by molar-refractivity contribution is 0.0273. The van der Waals surface area contributed by atoms with Gasteiger partial charge in [0.1, 0.15) is 5.67 Å². The van der Waals surface area contributed by atoms with Crippen molar-refractivity contribution in [2.45, 2.75) is 32.4 Å². The molecule has 0 aromatic carbocycles. The van der Waals surface area contributed by atoms with E-state index in [0.29, 0.717) is 19.4 Å². The number of hydrazine groups is 1. The van der Waals surface area contributed by atoms with Crippen molar-refractivity contribution in [3.05, 3.63) is 0 Å². The van der Waals surface area contributed by atoms with E-state index < -0.39 is 5.67 Å². The van der Waals surface area contributed by atoms with Gasteiger partial charge in [-0.2, -0.15) is 0 Å². The van der Waals surface area contributed by atoms with Gasteiger partial charge in [0, 0.05) is 32.7 Å². The van der Waals surface area contributed by atoms with Gasteiger partial charge in [0.25, 0.3) is 0 Å². The van der Waals surface area contributed by atoms with E-state index in [2.05, 4.69) is 34.5 Å². The first-order chi connectivity index (χ1) is 8.63. The molecule has 2 N–H and O–H groups in total. The maximum atomic E-state index is 14.7. The molecule has 0 amide bonds. The molecule has 0 radical (unpaired) electrons. The molecule has 0 atom stereocenters. The summed E-state index contributed by atoms with van der Waals surface area (Å²) in [7, 11) is 1.85. The largest absolute Gasteiger partial charge is 0.303 e. The van der Waals surface area contributed by atoms with Crippen LogP contribution in [0.15, 0.2) is 0 Å². The monoisotopic (exact) mass is 260 g/mol. The first-order valence-corrected chi connectivity index (χ1v) is 7.16. The molecule has 1 saturated heterocycles. The molecule has 0 bridgehead atoms. The Morgan fingerprint density at radius 2 is 1.94 bits per heavy atom. The van der Waals surface area contributed by atoms with Gasteiger partial charge in [-0.05, 0) is 33.0 Å². The maximum absolute atomic E-state index is 14.7. The van der Waals surface area contributed by atoms with E-state index in [1.54, 1.807) is 0 Å². The lowest BCUT2D eigenvalue weighted by atomic mass is 9.92. The van der Waals surface area contributed by atoms with Crippen LogP contribution >= 0.6 is 0 Å². The summed E-state index contributed by atoms with van der Waals surface area (Å²) < 4.78 is 14.7. The summed E-state index contributed by atoms with van der Waals surface area (Å²) in [6.45, 7) is 10.3. The Hall–Kier alpha value is -0.230. The highest BCUT2D eigenvalue weighted by atomic mass is 19.1. The minimum Gasteiger partial charge on any atom is -0.303 e. The third kappa shape index (κ3) is 5.18. The number of likely N-dealkylation sites (N-methyl/N-ethyl adjacent to an activating group) is 1. The lowest BCUT2D eigenvalue weighted by Crippen LogP contribution is -2.49. The van der Waals surface area contributed by atoms with Crippen molar-refractivity contribution in [3.63, 3.8) is 0 Å². The van der Waals surface area contributed by atoms with Gasteiger partial charge in [0.2, 0.25) is 0 Å². The van der Waals surface area contributed by atoms with Crippen molar-refractivity contribution in [2.24, 2.45) is 0 Å². The fourth-order valence-electron chi connectivity index (χ4n) is 2.52. The van der Waals surface area contributed by atoms with Gasteiger partial charge >= 0.3 is 0 Å². The van der Waals surface area contributed by atoms with Crippen LogP contribution in [0.3, 0.4) is 0 Å². The van der Waals surface area contributed by atoms with Crippen molar-refractivity contribution >= 4 is 0 Å². The Kier molecular flexibility index (Phi) is 7.07. The molecule has 1 fully saturated rings. The first-order valence-electron chi connectivity index (χ1n) is 7.16. The zero-order chi connectivity index (χ0) is 13.4. The standard InChI is InChI=1S/C13H29FN4/c1-4-17-9-6-13(14,7-10-17)12-18(5-2)11-8-16-15-3/h15-16H,4-12H2,1-3H3. The van der Waals surface area contributed by atoms with E-state index in [-0.39, 0.29) is 0 Å². The highest BCUT2D eigenvalue weighted by molar-refractivity contribution is 4.88. The molecule has 0 aromatic rings. The van der Waals surface area contributed by atoms with Crippen LogP contribution in [0.25, 0.3) is 0 Å². The quantitative estimate of drug-likeness (QED) is 0.500. The van der Waals surface area contributed by atoms with Gasteiger partial charge in [-0.1, -0.05) is 13.8 Å². The van der Waals surface area contributed by atoms with Crippen molar-refractivity contribution in [1.82, 2.24) is 20.7 Å². The van der Waals surface area contributed by atoms with Crippen molar-refractivity contribution < 1.29 is 4.39 Å². The summed E-state index contributed by atoms with van der Waals surface area (Å²) in [4.78, 5) is 4.53. The van der Waals surface area contributed by atoms with Gasteiger partial charge in [-0.25, -0.2) is 4.39 Å². The Balaban J connectivity index is 2.34. The molecule has 1 rings (SSSR count). The van der Waals surface area contributed by atoms with Crippen LogP contribution in [-0.2, 0) is 0 Å². The molecular formula is C13H29FN4. The SMILES string of the molecule is CCN1CCC(F)(CN(CC)CCNNC)CC1. The zero-order valence-electron chi connectivity index (χ0n) is 12.1. The summed E-state index contributed by atoms with van der Waals surface area (Å²) in [5, 5.41) is 0. The van der Waals surface area contributed by atoms with E-state index in [1.165, 1.54) is 0 Å². The van der Waals surface area contributed by atoms with E-state index in [4.69, 9.17) is 0 Å². The molecule has 0 spiro atoms. The van der Waals surface area contributed by atoms with Gasteiger partial charge in [0.15, 0.2) is 0 Å². The average Bonchev–Trinajstić information content (AvgIpc) is 2.38. The molecule has 0 aliphatic carbocycles. The van der Waals surface area contributed by atoms with Gasteiger partial charge in [-0.15, -0.1) is 0 Å². The van der Waals surface area contributed by atoms with Crippen molar-refractivity contribution in [1.29, 1.82) is 0 Å². The number of hydrogen-bond donors (Lipinski definition) is 2. The lowest BCUT2D eigenvalue weighted by Gasteiger charge is -2.38. The molecule has 1 heterocycles. The van der Waals surface area contributed by atoms with Crippen LogP contribution < -0.4 is 10.9 Å². The highest BCUT2D eigenvalue weighted by Crippen LogP contribution is 2.27. The average molecular weight is 260 g/mol. The van der Waals surface area contributed by atoms with Crippen LogP contribution in [0.1, 0.15) is 26.7 Å². The van der Waals surface area contributed by atoms with Crippen molar-refractivity contribution in [3.8, 4) is 0 Å². The van der Waals surface area contributed by atoms with Crippen LogP contribution in [0, 0.1) is 0 Å². The predicted molar refractivity (Wildman–Crippen MR) is 74.4 cm³/mol. The Morgan fingerprint density at radius 3 is 2.44 bits per heavy atom. The number of alkyl halides is 1. The van der Waals surface area contributed by atoms with E-state index in [9.17, 15) is 4.39 Å². The number of rotatable bonds is 8. The third-order valence-electron chi connectivity index (χ3n) is 3.88. The second kappa shape index (κ2) is 8.04. The molecule has 18 heavy (non-hydrogen) atoms. The zero-order valence-corrected chi connectivity index (χ0v) is 12.1. The molecule has 1 aliphatic heterocycles. The van der Waals surface area contributed by atoms with Gasteiger partial charge < -0.3 is 4.90 Å². The van der Waals surface area contributed by atoms with E-state index in [0.717, 1.165) is 39.3 Å². The second-order valence-corrected chi connectivity index (χ2v) is 5.13. The minimum atomic E-state index is -0.985. The minimum absolute atomic E-state index is 0.576. The third-order valence-corrected chi connectivity index (χ3v) is 3.88. The summed E-state index contributed by atoms with van der Waals surface area (Å²) >= 11 is 0. The van der Waals surface area contributed by atoms with E-state index >= 15 is 0 Å². The topological polar surface area (TPSA) is 30.5 Å². The molecule has 0 unspecified atom stereocenters. The number of piperidine rings is 1. The summed E-state index contributed by atoms with van der Waals surface area (Å²) in [5.74, 6) is 0. The van der Waals surface area contributed by atoms with Crippen LogP contribution in [0.5, 0.6) is 0 Å². The maximum Gasteiger partial charge on any atom is 0.126 e. The first kappa shape index (κ1) is 15.8. The molecule has 1 aliphatic rings. The highest BCUT2D eigenvalue weighted by Gasteiger charge is 2.35. The normalized spacial score (nSPS) is 20.5. The number of nitrogens with one attached hydrogen (secondary N) is 2. The van der Waals surface area contributed by atoms with Crippen LogP contribution in [0.2, 0.25) is 0 Å². The van der Waals surface area contributed by atoms with E-state index in [1.807, 2.05) is 7.05 Å². The van der Waals surface area contributed by atoms with Crippen LogP contribution in [-0.4, -0.2) is 68.3 Å². The molecule has 4 nitrogen and oxygen atoms in total.